The van der Waals surface area contributed by atoms with Crippen LogP contribution in [0.4, 0.5) is 0 Å². The first kappa shape index (κ1) is 19.3. The molecule has 0 aromatic carbocycles. The van der Waals surface area contributed by atoms with Gasteiger partial charge in [-0.25, -0.2) is 0 Å². The van der Waals surface area contributed by atoms with Gasteiger partial charge in [0.05, 0.1) is 6.61 Å². The SMILES string of the molecule is CCCN=C(NCC)NCCOCC(C)C.I. The Balaban J connectivity index is 0. The highest BCUT2D eigenvalue weighted by Crippen LogP contribution is 1.90. The van der Waals surface area contributed by atoms with Crippen LogP contribution >= 0.6 is 24.0 Å². The lowest BCUT2D eigenvalue weighted by Crippen LogP contribution is -2.39. The summed E-state index contributed by atoms with van der Waals surface area (Å²) in [6, 6.07) is 0. The van der Waals surface area contributed by atoms with Gasteiger partial charge >= 0.3 is 0 Å². The number of halogens is 1. The Morgan fingerprint density at radius 2 is 1.94 bits per heavy atom. The fourth-order valence-electron chi connectivity index (χ4n) is 1.13. The van der Waals surface area contributed by atoms with Gasteiger partial charge in [0.2, 0.25) is 0 Å². The second kappa shape index (κ2) is 14.0. The van der Waals surface area contributed by atoms with Crippen LogP contribution in [-0.4, -0.2) is 38.8 Å². The highest BCUT2D eigenvalue weighted by Gasteiger charge is 1.96. The topological polar surface area (TPSA) is 45.7 Å². The van der Waals surface area contributed by atoms with Crippen molar-refractivity contribution in [3.63, 3.8) is 0 Å². The summed E-state index contributed by atoms with van der Waals surface area (Å²) in [5, 5.41) is 6.44. The number of rotatable bonds is 8. The molecule has 0 atom stereocenters. The van der Waals surface area contributed by atoms with Crippen molar-refractivity contribution in [3.05, 3.63) is 0 Å². The van der Waals surface area contributed by atoms with Crippen molar-refractivity contribution in [1.29, 1.82) is 0 Å². The van der Waals surface area contributed by atoms with E-state index in [1.807, 2.05) is 0 Å². The number of guanidine groups is 1. The van der Waals surface area contributed by atoms with E-state index in [1.165, 1.54) is 0 Å². The van der Waals surface area contributed by atoms with Crippen molar-refractivity contribution in [3.8, 4) is 0 Å². The summed E-state index contributed by atoms with van der Waals surface area (Å²) in [5.74, 6) is 1.49. The molecule has 0 unspecified atom stereocenters. The molecule has 0 saturated carbocycles. The number of hydrogen-bond acceptors (Lipinski definition) is 2. The highest BCUT2D eigenvalue weighted by atomic mass is 127. The van der Waals surface area contributed by atoms with Crippen molar-refractivity contribution in [1.82, 2.24) is 10.6 Å². The number of ether oxygens (including phenoxy) is 1. The number of nitrogens with zero attached hydrogens (tertiary/aromatic N) is 1. The zero-order valence-corrected chi connectivity index (χ0v) is 13.9. The van der Waals surface area contributed by atoms with Gasteiger partial charge < -0.3 is 15.4 Å². The summed E-state index contributed by atoms with van der Waals surface area (Å²) in [6.45, 7) is 12.6. The lowest BCUT2D eigenvalue weighted by Gasteiger charge is -2.11. The Bertz CT molecular complexity index is 187. The third kappa shape index (κ3) is 13.9. The molecule has 2 N–H and O–H groups in total. The number of hydrogen-bond donors (Lipinski definition) is 2. The van der Waals surface area contributed by atoms with E-state index in [2.05, 4.69) is 43.3 Å². The smallest absolute Gasteiger partial charge is 0.191 e. The van der Waals surface area contributed by atoms with Gasteiger partial charge in [0.1, 0.15) is 0 Å². The van der Waals surface area contributed by atoms with Gasteiger partial charge in [-0.3, -0.25) is 4.99 Å². The summed E-state index contributed by atoms with van der Waals surface area (Å²) < 4.78 is 5.48. The Labute approximate surface area is 123 Å². The van der Waals surface area contributed by atoms with E-state index in [9.17, 15) is 0 Å². The minimum absolute atomic E-state index is 0. The molecule has 0 aliphatic rings. The molecule has 0 saturated heterocycles. The van der Waals surface area contributed by atoms with Crippen molar-refractivity contribution >= 4 is 29.9 Å². The van der Waals surface area contributed by atoms with E-state index in [0.717, 1.165) is 45.2 Å². The first-order valence-corrected chi connectivity index (χ1v) is 6.30. The number of aliphatic imine (C=N–C) groups is 1. The van der Waals surface area contributed by atoms with Crippen LogP contribution in [0.25, 0.3) is 0 Å². The molecule has 0 fully saturated rings. The fraction of sp³-hybridized carbons (Fsp3) is 0.917. The quantitative estimate of drug-likeness (QED) is 0.303. The minimum atomic E-state index is 0. The first-order valence-electron chi connectivity index (χ1n) is 6.30. The van der Waals surface area contributed by atoms with E-state index in [0.29, 0.717) is 5.92 Å². The summed E-state index contributed by atoms with van der Waals surface area (Å²) in [7, 11) is 0. The molecule has 0 spiro atoms. The molecule has 104 valence electrons. The van der Waals surface area contributed by atoms with E-state index >= 15 is 0 Å². The third-order valence-electron chi connectivity index (χ3n) is 1.83. The van der Waals surface area contributed by atoms with Gasteiger partial charge in [0.15, 0.2) is 5.96 Å². The second-order valence-corrected chi connectivity index (χ2v) is 4.16. The molecule has 0 aromatic rings. The predicted molar refractivity (Wildman–Crippen MR) is 85.3 cm³/mol. The largest absolute Gasteiger partial charge is 0.379 e. The molecular weight excluding hydrogens is 329 g/mol. The van der Waals surface area contributed by atoms with Gasteiger partial charge in [0, 0.05) is 26.2 Å². The molecule has 0 radical (unpaired) electrons. The van der Waals surface area contributed by atoms with E-state index in [4.69, 9.17) is 4.74 Å². The molecule has 0 amide bonds. The summed E-state index contributed by atoms with van der Waals surface area (Å²) in [4.78, 5) is 4.40. The zero-order valence-electron chi connectivity index (χ0n) is 11.6. The van der Waals surface area contributed by atoms with Crippen LogP contribution in [0.15, 0.2) is 4.99 Å². The fourth-order valence-corrected chi connectivity index (χ4v) is 1.13. The molecule has 0 heterocycles. The van der Waals surface area contributed by atoms with Crippen LogP contribution in [0.5, 0.6) is 0 Å². The van der Waals surface area contributed by atoms with Crippen LogP contribution in [0.3, 0.4) is 0 Å². The van der Waals surface area contributed by atoms with Gasteiger partial charge in [-0.05, 0) is 19.3 Å². The minimum Gasteiger partial charge on any atom is -0.379 e. The monoisotopic (exact) mass is 357 g/mol. The average molecular weight is 357 g/mol. The third-order valence-corrected chi connectivity index (χ3v) is 1.83. The van der Waals surface area contributed by atoms with Crippen molar-refractivity contribution in [2.24, 2.45) is 10.9 Å². The van der Waals surface area contributed by atoms with Gasteiger partial charge in [-0.15, -0.1) is 24.0 Å². The summed E-state index contributed by atoms with van der Waals surface area (Å²) >= 11 is 0. The molecule has 4 nitrogen and oxygen atoms in total. The van der Waals surface area contributed by atoms with Crippen molar-refractivity contribution in [2.45, 2.75) is 34.1 Å². The van der Waals surface area contributed by atoms with Crippen molar-refractivity contribution in [2.75, 3.05) is 32.8 Å². The standard InChI is InChI=1S/C12H27N3O.HI/c1-5-7-14-12(13-6-2)15-8-9-16-10-11(3)4;/h11H,5-10H2,1-4H3,(H2,13,14,15);1H. The normalized spacial score (nSPS) is 11.2. The van der Waals surface area contributed by atoms with Crippen LogP contribution in [0, 0.1) is 5.92 Å². The maximum absolute atomic E-state index is 5.48. The Morgan fingerprint density at radius 3 is 2.47 bits per heavy atom. The molecule has 0 aromatic heterocycles. The van der Waals surface area contributed by atoms with E-state index in [1.54, 1.807) is 0 Å². The second-order valence-electron chi connectivity index (χ2n) is 4.16. The average Bonchev–Trinajstić information content (AvgIpc) is 2.24. The van der Waals surface area contributed by atoms with Crippen LogP contribution in [0.1, 0.15) is 34.1 Å². The van der Waals surface area contributed by atoms with Crippen molar-refractivity contribution < 1.29 is 4.74 Å². The zero-order chi connectivity index (χ0) is 12.2. The predicted octanol–water partition coefficient (Wildman–Crippen LogP) is 2.24. The van der Waals surface area contributed by atoms with Crippen LogP contribution < -0.4 is 10.6 Å². The molecule has 0 rings (SSSR count). The molecular formula is C12H28IN3O. The Kier molecular flexibility index (Phi) is 15.9. The Morgan fingerprint density at radius 1 is 1.24 bits per heavy atom. The lowest BCUT2D eigenvalue weighted by atomic mass is 10.2. The van der Waals surface area contributed by atoms with Crippen LogP contribution in [-0.2, 0) is 4.74 Å². The van der Waals surface area contributed by atoms with E-state index in [-0.39, 0.29) is 24.0 Å². The maximum Gasteiger partial charge on any atom is 0.191 e. The maximum atomic E-state index is 5.48. The van der Waals surface area contributed by atoms with Gasteiger partial charge in [-0.1, -0.05) is 20.8 Å². The molecule has 5 heteroatoms. The van der Waals surface area contributed by atoms with Gasteiger partial charge in [0.25, 0.3) is 0 Å². The van der Waals surface area contributed by atoms with Gasteiger partial charge in [-0.2, -0.15) is 0 Å². The number of nitrogens with one attached hydrogen (secondary N) is 2. The first-order chi connectivity index (χ1) is 7.70. The highest BCUT2D eigenvalue weighted by molar-refractivity contribution is 14.0. The van der Waals surface area contributed by atoms with E-state index < -0.39 is 0 Å². The molecule has 0 bridgehead atoms. The Hall–Kier alpha value is -0.0400. The lowest BCUT2D eigenvalue weighted by molar-refractivity contribution is 0.114. The summed E-state index contributed by atoms with van der Waals surface area (Å²) in [5.41, 5.74) is 0. The summed E-state index contributed by atoms with van der Waals surface area (Å²) in [6.07, 6.45) is 1.07. The molecule has 17 heavy (non-hydrogen) atoms. The molecule has 0 aliphatic heterocycles. The van der Waals surface area contributed by atoms with Crippen LogP contribution in [0.2, 0.25) is 0 Å². The molecule has 0 aliphatic carbocycles.